The Labute approximate surface area is 196 Å². The molecular weight excluding hydrogens is 442 g/mol. The lowest BCUT2D eigenvalue weighted by Gasteiger charge is -2.35. The lowest BCUT2D eigenvalue weighted by molar-refractivity contribution is -0.121. The SMILES string of the molecule is CC1(C)C(=O)N(c2ccc3c(c2)CCCO3)c2nc(CO[Si](C)(C)C(C)(C)C)nc(Cl)c21. The third kappa shape index (κ3) is 3.84. The summed E-state index contributed by atoms with van der Waals surface area (Å²) in [7, 11) is -1.99. The molecule has 8 heteroatoms. The quantitative estimate of drug-likeness (QED) is 0.406. The molecular formula is C24H32ClN3O3Si. The molecule has 0 saturated carbocycles. The molecule has 1 aromatic heterocycles. The minimum atomic E-state index is -1.99. The Morgan fingerprint density at radius 1 is 1.25 bits per heavy atom. The summed E-state index contributed by atoms with van der Waals surface area (Å²) >= 11 is 6.64. The fourth-order valence-corrected chi connectivity index (χ4v) is 5.24. The van der Waals surface area contributed by atoms with Crippen LogP contribution in [0.25, 0.3) is 0 Å². The van der Waals surface area contributed by atoms with Gasteiger partial charge in [-0.05, 0) is 68.6 Å². The molecule has 6 nitrogen and oxygen atoms in total. The first-order chi connectivity index (χ1) is 14.8. The van der Waals surface area contributed by atoms with Gasteiger partial charge < -0.3 is 9.16 Å². The van der Waals surface area contributed by atoms with Crippen LogP contribution in [0, 0.1) is 0 Å². The fourth-order valence-electron chi connectivity index (χ4n) is 3.90. The number of hydrogen-bond donors (Lipinski definition) is 0. The van der Waals surface area contributed by atoms with Crippen LogP contribution in [0.5, 0.6) is 5.75 Å². The number of rotatable bonds is 4. The number of halogens is 1. The molecule has 2 aromatic rings. The molecule has 0 fully saturated rings. The first-order valence-corrected chi connectivity index (χ1v) is 14.4. The molecule has 32 heavy (non-hydrogen) atoms. The van der Waals surface area contributed by atoms with E-state index in [2.05, 4.69) is 38.8 Å². The molecule has 172 valence electrons. The molecule has 0 aliphatic carbocycles. The van der Waals surface area contributed by atoms with Crippen molar-refractivity contribution in [2.45, 2.75) is 77.6 Å². The molecule has 1 amide bonds. The highest BCUT2D eigenvalue weighted by molar-refractivity contribution is 6.74. The second-order valence-corrected chi connectivity index (χ2v) is 15.9. The van der Waals surface area contributed by atoms with Gasteiger partial charge in [-0.1, -0.05) is 32.4 Å². The first kappa shape index (κ1) is 23.2. The third-order valence-electron chi connectivity index (χ3n) is 6.99. The number of aryl methyl sites for hydroxylation is 1. The molecule has 0 atom stereocenters. The zero-order valence-electron chi connectivity index (χ0n) is 20.0. The van der Waals surface area contributed by atoms with Gasteiger partial charge in [-0.25, -0.2) is 9.97 Å². The van der Waals surface area contributed by atoms with Gasteiger partial charge in [0.15, 0.2) is 14.1 Å². The van der Waals surface area contributed by atoms with E-state index in [-0.39, 0.29) is 17.6 Å². The van der Waals surface area contributed by atoms with Gasteiger partial charge in [0.05, 0.1) is 24.3 Å². The van der Waals surface area contributed by atoms with E-state index in [1.54, 1.807) is 4.90 Å². The number of amides is 1. The number of nitrogens with zero attached hydrogens (tertiary/aromatic N) is 3. The van der Waals surface area contributed by atoms with Crippen LogP contribution in [-0.2, 0) is 27.7 Å². The number of anilines is 2. The van der Waals surface area contributed by atoms with Crippen molar-refractivity contribution in [2.75, 3.05) is 11.5 Å². The van der Waals surface area contributed by atoms with Crippen LogP contribution < -0.4 is 9.64 Å². The molecule has 0 saturated heterocycles. The summed E-state index contributed by atoms with van der Waals surface area (Å²) in [6.45, 7) is 15.7. The first-order valence-electron chi connectivity index (χ1n) is 11.1. The molecule has 3 heterocycles. The van der Waals surface area contributed by atoms with Crippen LogP contribution in [0.4, 0.5) is 11.5 Å². The topological polar surface area (TPSA) is 64.6 Å². The van der Waals surface area contributed by atoms with Crippen LogP contribution in [0.15, 0.2) is 18.2 Å². The van der Waals surface area contributed by atoms with Crippen molar-refractivity contribution in [2.24, 2.45) is 0 Å². The number of ether oxygens (including phenoxy) is 1. The highest BCUT2D eigenvalue weighted by atomic mass is 35.5. The molecule has 2 aliphatic heterocycles. The van der Waals surface area contributed by atoms with Crippen LogP contribution >= 0.6 is 11.6 Å². The molecule has 0 N–H and O–H groups in total. The van der Waals surface area contributed by atoms with E-state index >= 15 is 0 Å². The Hall–Kier alpha value is -1.96. The van der Waals surface area contributed by atoms with Crippen molar-refractivity contribution in [3.8, 4) is 5.75 Å². The number of carbonyl (C=O) groups excluding carboxylic acids is 1. The number of fused-ring (bicyclic) bond motifs is 2. The maximum atomic E-state index is 13.5. The second-order valence-electron chi connectivity index (χ2n) is 10.7. The van der Waals surface area contributed by atoms with Crippen molar-refractivity contribution in [1.82, 2.24) is 9.97 Å². The molecule has 0 unspecified atom stereocenters. The lowest BCUT2D eigenvalue weighted by Crippen LogP contribution is -2.40. The van der Waals surface area contributed by atoms with Crippen molar-refractivity contribution in [3.05, 3.63) is 40.3 Å². The second kappa shape index (κ2) is 7.82. The minimum absolute atomic E-state index is 0.0668. The predicted octanol–water partition coefficient (Wildman–Crippen LogP) is 5.93. The van der Waals surface area contributed by atoms with E-state index in [1.165, 1.54) is 0 Å². The van der Waals surface area contributed by atoms with E-state index in [0.29, 0.717) is 22.4 Å². The van der Waals surface area contributed by atoms with Gasteiger partial charge in [0.1, 0.15) is 16.7 Å². The van der Waals surface area contributed by atoms with E-state index in [0.717, 1.165) is 36.4 Å². The van der Waals surface area contributed by atoms with Gasteiger partial charge in [-0.3, -0.25) is 9.69 Å². The average Bonchev–Trinajstić information content (AvgIpc) is 2.91. The summed E-state index contributed by atoms with van der Waals surface area (Å²) in [5, 5.41) is 0.383. The Balaban J connectivity index is 1.74. The summed E-state index contributed by atoms with van der Waals surface area (Å²) in [5.74, 6) is 1.86. The van der Waals surface area contributed by atoms with Crippen LogP contribution in [-0.4, -0.2) is 30.8 Å². The van der Waals surface area contributed by atoms with Crippen molar-refractivity contribution >= 4 is 37.3 Å². The van der Waals surface area contributed by atoms with E-state index < -0.39 is 13.7 Å². The number of carbonyl (C=O) groups is 1. The molecule has 4 rings (SSSR count). The standard InChI is InChI=1S/C24H32ClN3O3Si/c1-23(2,3)32(6,7)31-14-18-26-20(25)19-21(27-18)28(22(29)24(19,4)5)16-10-11-17-15(13-16)9-8-12-30-17/h10-11,13H,8-9,12,14H2,1-7H3. The van der Waals surface area contributed by atoms with Crippen LogP contribution in [0.1, 0.15) is 58.0 Å². The smallest absolute Gasteiger partial charge is 0.243 e. The summed E-state index contributed by atoms with van der Waals surface area (Å²) in [6, 6.07) is 5.88. The average molecular weight is 474 g/mol. The summed E-state index contributed by atoms with van der Waals surface area (Å²) < 4.78 is 12.1. The molecule has 2 aliphatic rings. The molecule has 1 aromatic carbocycles. The highest BCUT2D eigenvalue weighted by Gasteiger charge is 2.48. The monoisotopic (exact) mass is 473 g/mol. The summed E-state index contributed by atoms with van der Waals surface area (Å²) in [4.78, 5) is 24.5. The zero-order valence-corrected chi connectivity index (χ0v) is 21.8. The fraction of sp³-hybridized carbons (Fsp3) is 0.542. The molecule has 0 spiro atoms. The highest BCUT2D eigenvalue weighted by Crippen LogP contribution is 2.47. The molecule has 0 radical (unpaired) electrons. The van der Waals surface area contributed by atoms with Gasteiger partial charge in [0.25, 0.3) is 0 Å². The summed E-state index contributed by atoms with van der Waals surface area (Å²) in [5.41, 5.74) is 1.72. The predicted molar refractivity (Wildman–Crippen MR) is 129 cm³/mol. The largest absolute Gasteiger partial charge is 0.493 e. The molecule has 0 bridgehead atoms. The van der Waals surface area contributed by atoms with E-state index in [9.17, 15) is 4.79 Å². The van der Waals surface area contributed by atoms with Gasteiger partial charge >= 0.3 is 0 Å². The van der Waals surface area contributed by atoms with Gasteiger partial charge in [-0.2, -0.15) is 0 Å². The summed E-state index contributed by atoms with van der Waals surface area (Å²) in [6.07, 6.45) is 1.90. The van der Waals surface area contributed by atoms with Crippen LogP contribution in [0.3, 0.4) is 0 Å². The van der Waals surface area contributed by atoms with Gasteiger partial charge in [-0.15, -0.1) is 0 Å². The Kier molecular flexibility index (Phi) is 5.67. The van der Waals surface area contributed by atoms with Gasteiger partial charge in [0, 0.05) is 5.56 Å². The normalized spacial score (nSPS) is 17.8. The van der Waals surface area contributed by atoms with E-state index in [1.807, 2.05) is 32.0 Å². The number of benzene rings is 1. The number of aromatic nitrogens is 2. The Morgan fingerprint density at radius 2 is 1.97 bits per heavy atom. The van der Waals surface area contributed by atoms with Crippen LogP contribution in [0.2, 0.25) is 23.3 Å². The maximum Gasteiger partial charge on any atom is 0.243 e. The van der Waals surface area contributed by atoms with Crippen molar-refractivity contribution in [1.29, 1.82) is 0 Å². The Morgan fingerprint density at radius 3 is 2.66 bits per heavy atom. The Bertz CT molecular complexity index is 1080. The van der Waals surface area contributed by atoms with Crippen molar-refractivity contribution < 1.29 is 14.0 Å². The lowest BCUT2D eigenvalue weighted by atomic mass is 9.88. The van der Waals surface area contributed by atoms with Gasteiger partial charge in [0.2, 0.25) is 5.91 Å². The third-order valence-corrected chi connectivity index (χ3v) is 11.7. The number of hydrogen-bond acceptors (Lipinski definition) is 5. The minimum Gasteiger partial charge on any atom is -0.493 e. The van der Waals surface area contributed by atoms with Crippen molar-refractivity contribution in [3.63, 3.8) is 0 Å². The van der Waals surface area contributed by atoms with E-state index in [4.69, 9.17) is 25.7 Å². The maximum absolute atomic E-state index is 13.5. The zero-order chi connectivity index (χ0) is 23.5.